The van der Waals surface area contributed by atoms with Crippen LogP contribution in [-0.2, 0) is 6.42 Å². The second-order valence-electron chi connectivity index (χ2n) is 2.92. The maximum atomic E-state index is 5.59. The minimum Gasteiger partial charge on any atom is -0.384 e. The van der Waals surface area contributed by atoms with Crippen LogP contribution in [0.5, 0.6) is 0 Å². The standard InChI is InChI=1S/C10H14N2/c1-4-5-9-7(2)6-10(11)12-8(9)3/h4,6H,1,5H2,2-3H3,(H2,11,12). The van der Waals surface area contributed by atoms with Crippen molar-refractivity contribution in [3.8, 4) is 0 Å². The third-order valence-electron chi connectivity index (χ3n) is 1.92. The number of anilines is 1. The predicted molar refractivity (Wildman–Crippen MR) is 52.0 cm³/mol. The first-order chi connectivity index (χ1) is 5.65. The van der Waals surface area contributed by atoms with Gasteiger partial charge in [-0.25, -0.2) is 4.98 Å². The lowest BCUT2D eigenvalue weighted by molar-refractivity contribution is 1.08. The van der Waals surface area contributed by atoms with E-state index in [0.717, 1.165) is 12.1 Å². The smallest absolute Gasteiger partial charge is 0.123 e. The Morgan fingerprint density at radius 2 is 2.25 bits per heavy atom. The maximum Gasteiger partial charge on any atom is 0.123 e. The van der Waals surface area contributed by atoms with Gasteiger partial charge in [0.2, 0.25) is 0 Å². The average molecular weight is 162 g/mol. The Labute approximate surface area is 73.1 Å². The molecule has 0 aliphatic carbocycles. The molecule has 1 rings (SSSR count). The molecule has 0 spiro atoms. The van der Waals surface area contributed by atoms with E-state index in [4.69, 9.17) is 5.73 Å². The van der Waals surface area contributed by atoms with Crippen molar-refractivity contribution in [1.29, 1.82) is 0 Å². The highest BCUT2D eigenvalue weighted by Gasteiger charge is 2.02. The molecule has 0 aliphatic rings. The molecule has 0 unspecified atom stereocenters. The van der Waals surface area contributed by atoms with Crippen LogP contribution in [0.2, 0.25) is 0 Å². The topological polar surface area (TPSA) is 38.9 Å². The molecule has 2 N–H and O–H groups in total. The molecule has 0 aromatic carbocycles. The van der Waals surface area contributed by atoms with Gasteiger partial charge in [-0.1, -0.05) is 6.08 Å². The molecule has 0 radical (unpaired) electrons. The van der Waals surface area contributed by atoms with Gasteiger partial charge >= 0.3 is 0 Å². The number of aryl methyl sites for hydroxylation is 2. The molecule has 0 saturated heterocycles. The van der Waals surface area contributed by atoms with E-state index < -0.39 is 0 Å². The van der Waals surface area contributed by atoms with Gasteiger partial charge < -0.3 is 5.73 Å². The molecule has 0 atom stereocenters. The van der Waals surface area contributed by atoms with Crippen LogP contribution in [0.3, 0.4) is 0 Å². The quantitative estimate of drug-likeness (QED) is 0.675. The van der Waals surface area contributed by atoms with Gasteiger partial charge in [0.05, 0.1) is 0 Å². The minimum atomic E-state index is 0.595. The zero-order valence-corrected chi connectivity index (χ0v) is 7.59. The predicted octanol–water partition coefficient (Wildman–Crippen LogP) is 2.01. The molecular weight excluding hydrogens is 148 g/mol. The van der Waals surface area contributed by atoms with E-state index in [1.165, 1.54) is 11.1 Å². The zero-order chi connectivity index (χ0) is 9.14. The van der Waals surface area contributed by atoms with Gasteiger partial charge in [-0.15, -0.1) is 6.58 Å². The molecular formula is C10H14N2. The molecule has 2 nitrogen and oxygen atoms in total. The number of hydrogen-bond donors (Lipinski definition) is 1. The van der Waals surface area contributed by atoms with Crippen LogP contribution in [0.15, 0.2) is 18.7 Å². The van der Waals surface area contributed by atoms with E-state index in [-0.39, 0.29) is 0 Å². The highest BCUT2D eigenvalue weighted by atomic mass is 14.8. The number of nitrogens with zero attached hydrogens (tertiary/aromatic N) is 1. The van der Waals surface area contributed by atoms with Crippen LogP contribution < -0.4 is 5.73 Å². The van der Waals surface area contributed by atoms with Gasteiger partial charge in [0.25, 0.3) is 0 Å². The molecule has 0 aliphatic heterocycles. The van der Waals surface area contributed by atoms with Gasteiger partial charge in [-0.2, -0.15) is 0 Å². The van der Waals surface area contributed by atoms with E-state index in [9.17, 15) is 0 Å². The fraction of sp³-hybridized carbons (Fsp3) is 0.300. The van der Waals surface area contributed by atoms with Gasteiger partial charge in [-0.05, 0) is 37.5 Å². The zero-order valence-electron chi connectivity index (χ0n) is 7.59. The van der Waals surface area contributed by atoms with Crippen molar-refractivity contribution in [2.45, 2.75) is 20.3 Å². The van der Waals surface area contributed by atoms with E-state index in [1.54, 1.807) is 0 Å². The molecule has 1 aromatic rings. The number of rotatable bonds is 2. The fourth-order valence-electron chi connectivity index (χ4n) is 1.34. The Balaban J connectivity index is 3.18. The van der Waals surface area contributed by atoms with E-state index in [2.05, 4.69) is 11.6 Å². The molecule has 0 saturated carbocycles. The van der Waals surface area contributed by atoms with Crippen molar-refractivity contribution in [3.05, 3.63) is 35.5 Å². The van der Waals surface area contributed by atoms with E-state index in [0.29, 0.717) is 5.82 Å². The number of allylic oxidation sites excluding steroid dienone is 1. The summed E-state index contributed by atoms with van der Waals surface area (Å²) in [5.41, 5.74) is 9.02. The van der Waals surface area contributed by atoms with Crippen LogP contribution in [0, 0.1) is 13.8 Å². The number of hydrogen-bond acceptors (Lipinski definition) is 2. The first-order valence-corrected chi connectivity index (χ1v) is 3.98. The summed E-state index contributed by atoms with van der Waals surface area (Å²) < 4.78 is 0. The number of aromatic nitrogens is 1. The van der Waals surface area contributed by atoms with Crippen LogP contribution in [-0.4, -0.2) is 4.98 Å². The van der Waals surface area contributed by atoms with Crippen molar-refractivity contribution < 1.29 is 0 Å². The first-order valence-electron chi connectivity index (χ1n) is 3.98. The number of nitrogens with two attached hydrogens (primary N) is 1. The second kappa shape index (κ2) is 3.39. The molecule has 0 amide bonds. The number of nitrogen functional groups attached to an aromatic ring is 1. The number of pyridine rings is 1. The highest BCUT2D eigenvalue weighted by molar-refractivity contribution is 5.40. The van der Waals surface area contributed by atoms with E-state index >= 15 is 0 Å². The summed E-state index contributed by atoms with van der Waals surface area (Å²) in [6, 6.07) is 1.89. The van der Waals surface area contributed by atoms with Crippen molar-refractivity contribution in [1.82, 2.24) is 4.98 Å². The summed E-state index contributed by atoms with van der Waals surface area (Å²) in [6.07, 6.45) is 2.75. The summed E-state index contributed by atoms with van der Waals surface area (Å²) in [5, 5.41) is 0. The minimum absolute atomic E-state index is 0.595. The molecule has 0 fully saturated rings. The Bertz CT molecular complexity index is 280. The van der Waals surface area contributed by atoms with Crippen LogP contribution in [0.4, 0.5) is 5.82 Å². The lowest BCUT2D eigenvalue weighted by atomic mass is 10.0. The normalized spacial score (nSPS) is 9.83. The molecule has 1 heterocycles. The monoisotopic (exact) mass is 162 g/mol. The van der Waals surface area contributed by atoms with Gasteiger partial charge in [0, 0.05) is 5.69 Å². The summed E-state index contributed by atoms with van der Waals surface area (Å²) in [4.78, 5) is 4.18. The van der Waals surface area contributed by atoms with Crippen molar-refractivity contribution in [2.24, 2.45) is 0 Å². The molecule has 0 bridgehead atoms. The second-order valence-corrected chi connectivity index (χ2v) is 2.92. The lowest BCUT2D eigenvalue weighted by Crippen LogP contribution is -1.99. The van der Waals surface area contributed by atoms with Crippen LogP contribution in [0.1, 0.15) is 16.8 Å². The first kappa shape index (κ1) is 8.78. The van der Waals surface area contributed by atoms with Gasteiger partial charge in [-0.3, -0.25) is 0 Å². The highest BCUT2D eigenvalue weighted by Crippen LogP contribution is 2.15. The molecule has 2 heteroatoms. The fourth-order valence-corrected chi connectivity index (χ4v) is 1.34. The third kappa shape index (κ3) is 1.64. The van der Waals surface area contributed by atoms with Gasteiger partial charge in [0.1, 0.15) is 5.82 Å². The maximum absolute atomic E-state index is 5.59. The lowest BCUT2D eigenvalue weighted by Gasteiger charge is -2.07. The summed E-state index contributed by atoms with van der Waals surface area (Å²) in [5.74, 6) is 0.595. The van der Waals surface area contributed by atoms with Crippen LogP contribution >= 0.6 is 0 Å². The SMILES string of the molecule is C=CCc1c(C)cc(N)nc1C. The van der Waals surface area contributed by atoms with Crippen LogP contribution in [0.25, 0.3) is 0 Å². The Hall–Kier alpha value is -1.31. The third-order valence-corrected chi connectivity index (χ3v) is 1.92. The Morgan fingerprint density at radius 1 is 1.58 bits per heavy atom. The van der Waals surface area contributed by atoms with Gasteiger partial charge in [0.15, 0.2) is 0 Å². The average Bonchev–Trinajstić information content (AvgIpc) is 1.96. The summed E-state index contributed by atoms with van der Waals surface area (Å²) >= 11 is 0. The summed E-state index contributed by atoms with van der Waals surface area (Å²) in [7, 11) is 0. The van der Waals surface area contributed by atoms with E-state index in [1.807, 2.05) is 26.0 Å². The summed E-state index contributed by atoms with van der Waals surface area (Å²) in [6.45, 7) is 7.72. The largest absolute Gasteiger partial charge is 0.384 e. The molecule has 12 heavy (non-hydrogen) atoms. The Morgan fingerprint density at radius 3 is 2.75 bits per heavy atom. The van der Waals surface area contributed by atoms with Crippen molar-refractivity contribution >= 4 is 5.82 Å². The van der Waals surface area contributed by atoms with Crippen molar-refractivity contribution in [2.75, 3.05) is 5.73 Å². The molecule has 1 aromatic heterocycles. The van der Waals surface area contributed by atoms with Crippen molar-refractivity contribution in [3.63, 3.8) is 0 Å². The Kier molecular flexibility index (Phi) is 2.48. The molecule has 64 valence electrons.